The molecule has 0 bridgehead atoms. The number of aliphatic hydroxyl groups excluding tert-OH is 8. The molecule has 3 heterocycles. The Bertz CT molecular complexity index is 940. The SMILES string of the molecule is COC1CCC(C2CC(=O)C3C(O)CC(O[C@@H]4O[C@H](CO[C@@H]5O[C@@H](C)[C@H](O)[C@@H](O)[C@H]5O)[C@@H](O)[C@H](O)[C@H]4O)CC3O2)CC1O. The van der Waals surface area contributed by atoms with E-state index in [-0.39, 0.29) is 37.1 Å². The summed E-state index contributed by atoms with van der Waals surface area (Å²) in [5.41, 5.74) is 0. The van der Waals surface area contributed by atoms with E-state index < -0.39 is 104 Å². The minimum Gasteiger partial charge on any atom is -0.392 e. The van der Waals surface area contributed by atoms with Gasteiger partial charge in [-0.15, -0.1) is 0 Å². The molecule has 3 aliphatic heterocycles. The minimum absolute atomic E-state index is 0.0468. The molecule has 3 saturated heterocycles. The summed E-state index contributed by atoms with van der Waals surface area (Å²) < 4.78 is 34.3. The summed E-state index contributed by atoms with van der Waals surface area (Å²) in [5.74, 6) is -0.899. The first-order valence-corrected chi connectivity index (χ1v) is 15.1. The first kappa shape index (κ1) is 33.5. The van der Waals surface area contributed by atoms with Crippen LogP contribution in [-0.2, 0) is 33.2 Å². The molecule has 8 unspecified atom stereocenters. The lowest BCUT2D eigenvalue weighted by molar-refractivity contribution is -0.336. The zero-order valence-electron chi connectivity index (χ0n) is 24.3. The Hall–Kier alpha value is -0.890. The standard InChI is InChI=1S/C28H46O15/c1-10-21(32)23(34)25(36)27(40-10)39-9-19-22(33)24(35)26(37)28(43-19)41-12-6-14(30)20-15(31)8-17(42-18(20)7-12)11-3-4-16(38-2)13(29)5-11/h10-14,16-30,32-37H,3-9H2,1-2H3/t10-,11?,12?,13?,14?,16?,17?,18?,19+,20?,21-,22+,23+,24-,25+,26+,27+,28+/m0/s1. The molecule has 8 N–H and O–H groups in total. The number of fused-ring (bicyclic) bond motifs is 1. The van der Waals surface area contributed by atoms with Crippen LogP contribution >= 0.6 is 0 Å². The molecule has 0 spiro atoms. The normalized spacial score (nSPS) is 52.9. The highest BCUT2D eigenvalue weighted by molar-refractivity contribution is 5.83. The van der Waals surface area contributed by atoms with Crippen LogP contribution in [-0.4, -0.2) is 158 Å². The Morgan fingerprint density at radius 1 is 0.744 bits per heavy atom. The van der Waals surface area contributed by atoms with Crippen LogP contribution in [0, 0.1) is 11.8 Å². The molecule has 248 valence electrons. The molecule has 18 atom stereocenters. The van der Waals surface area contributed by atoms with E-state index in [1.165, 1.54) is 6.92 Å². The fraction of sp³-hybridized carbons (Fsp3) is 0.964. The van der Waals surface area contributed by atoms with Gasteiger partial charge in [0.25, 0.3) is 0 Å². The zero-order chi connectivity index (χ0) is 31.2. The Labute approximate surface area is 249 Å². The van der Waals surface area contributed by atoms with Crippen LogP contribution in [0.1, 0.15) is 45.4 Å². The number of hydrogen-bond acceptors (Lipinski definition) is 15. The van der Waals surface area contributed by atoms with Crippen LogP contribution < -0.4 is 0 Å². The van der Waals surface area contributed by atoms with Crippen LogP contribution in [0.4, 0.5) is 0 Å². The molecule has 0 aromatic carbocycles. The lowest BCUT2D eigenvalue weighted by Gasteiger charge is -2.48. The number of carbonyl (C=O) groups is 1. The van der Waals surface area contributed by atoms with Gasteiger partial charge in [0.2, 0.25) is 0 Å². The highest BCUT2D eigenvalue weighted by Gasteiger charge is 2.51. The monoisotopic (exact) mass is 622 g/mol. The number of methoxy groups -OCH3 is 1. The van der Waals surface area contributed by atoms with E-state index in [4.69, 9.17) is 28.4 Å². The summed E-state index contributed by atoms with van der Waals surface area (Å²) in [7, 11) is 1.55. The highest BCUT2D eigenvalue weighted by Crippen LogP contribution is 2.41. The van der Waals surface area contributed by atoms with Crippen LogP contribution in [0.15, 0.2) is 0 Å². The smallest absolute Gasteiger partial charge is 0.186 e. The van der Waals surface area contributed by atoms with Crippen LogP contribution in [0.25, 0.3) is 0 Å². The predicted molar refractivity (Wildman–Crippen MR) is 141 cm³/mol. The molecule has 15 nitrogen and oxygen atoms in total. The number of carbonyl (C=O) groups excluding carboxylic acids is 1. The van der Waals surface area contributed by atoms with E-state index in [1.54, 1.807) is 7.11 Å². The van der Waals surface area contributed by atoms with E-state index in [2.05, 4.69) is 0 Å². The fourth-order valence-electron chi connectivity index (χ4n) is 7.18. The third-order valence-electron chi connectivity index (χ3n) is 9.79. The average molecular weight is 623 g/mol. The van der Waals surface area contributed by atoms with E-state index in [0.717, 1.165) is 6.42 Å². The molecule has 5 aliphatic rings. The Morgan fingerprint density at radius 2 is 1.44 bits per heavy atom. The molecule has 0 radical (unpaired) electrons. The number of ketones is 1. The second-order valence-corrected chi connectivity index (χ2v) is 12.7. The van der Waals surface area contributed by atoms with Gasteiger partial charge in [0.15, 0.2) is 12.6 Å². The maximum atomic E-state index is 13.1. The topological polar surface area (TPSA) is 234 Å². The molecular formula is C28H46O15. The van der Waals surface area contributed by atoms with Crippen molar-refractivity contribution in [2.75, 3.05) is 13.7 Å². The van der Waals surface area contributed by atoms with Gasteiger partial charge in [-0.2, -0.15) is 0 Å². The third kappa shape index (κ3) is 6.95. The van der Waals surface area contributed by atoms with Crippen molar-refractivity contribution in [3.63, 3.8) is 0 Å². The number of Topliss-reactive ketones (excluding diaryl/α,β-unsaturated/α-hetero) is 1. The van der Waals surface area contributed by atoms with Gasteiger partial charge >= 0.3 is 0 Å². The Kier molecular flexibility index (Phi) is 10.8. The van der Waals surface area contributed by atoms with E-state index >= 15 is 0 Å². The molecule has 2 aliphatic carbocycles. The summed E-state index contributed by atoms with van der Waals surface area (Å²) in [6.45, 7) is 1.05. The lowest BCUT2D eigenvalue weighted by Crippen LogP contribution is -2.62. The number of ether oxygens (including phenoxy) is 6. The maximum absolute atomic E-state index is 13.1. The Morgan fingerprint density at radius 3 is 2.14 bits per heavy atom. The van der Waals surface area contributed by atoms with Crippen molar-refractivity contribution in [3.8, 4) is 0 Å². The summed E-state index contributed by atoms with van der Waals surface area (Å²) in [4.78, 5) is 13.1. The van der Waals surface area contributed by atoms with Gasteiger partial charge in [-0.1, -0.05) is 0 Å². The van der Waals surface area contributed by atoms with Crippen molar-refractivity contribution in [3.05, 3.63) is 0 Å². The van der Waals surface area contributed by atoms with Gasteiger partial charge in [-0.05, 0) is 32.1 Å². The van der Waals surface area contributed by atoms with Gasteiger partial charge < -0.3 is 69.3 Å². The highest BCUT2D eigenvalue weighted by atomic mass is 16.7. The first-order chi connectivity index (χ1) is 20.4. The summed E-state index contributed by atoms with van der Waals surface area (Å²) in [6, 6.07) is 0. The van der Waals surface area contributed by atoms with Gasteiger partial charge in [0.1, 0.15) is 48.5 Å². The largest absolute Gasteiger partial charge is 0.392 e. The van der Waals surface area contributed by atoms with Gasteiger partial charge in [-0.3, -0.25) is 4.79 Å². The molecule has 5 rings (SSSR count). The van der Waals surface area contributed by atoms with Crippen molar-refractivity contribution in [2.24, 2.45) is 11.8 Å². The van der Waals surface area contributed by atoms with Crippen molar-refractivity contribution in [1.29, 1.82) is 0 Å². The van der Waals surface area contributed by atoms with Gasteiger partial charge in [-0.25, -0.2) is 0 Å². The van der Waals surface area contributed by atoms with Crippen molar-refractivity contribution >= 4 is 5.78 Å². The van der Waals surface area contributed by atoms with Crippen molar-refractivity contribution in [1.82, 2.24) is 0 Å². The number of rotatable bonds is 7. The average Bonchev–Trinajstić information content (AvgIpc) is 2.97. The number of aliphatic hydroxyl groups is 8. The molecule has 5 fully saturated rings. The predicted octanol–water partition coefficient (Wildman–Crippen LogP) is -3.30. The molecule has 15 heteroatoms. The van der Waals surface area contributed by atoms with E-state index in [9.17, 15) is 45.6 Å². The van der Waals surface area contributed by atoms with E-state index in [1.807, 2.05) is 0 Å². The lowest BCUT2D eigenvalue weighted by atomic mass is 9.73. The van der Waals surface area contributed by atoms with Crippen LogP contribution in [0.5, 0.6) is 0 Å². The quantitative estimate of drug-likeness (QED) is 0.139. The molecule has 0 aromatic heterocycles. The second kappa shape index (κ2) is 13.8. The maximum Gasteiger partial charge on any atom is 0.186 e. The molecule has 0 aromatic rings. The van der Waals surface area contributed by atoms with Gasteiger partial charge in [0, 0.05) is 26.4 Å². The van der Waals surface area contributed by atoms with Crippen molar-refractivity contribution < 1.29 is 74.1 Å². The van der Waals surface area contributed by atoms with Gasteiger partial charge in [0.05, 0.1) is 55.3 Å². The fourth-order valence-corrected chi connectivity index (χ4v) is 7.18. The Balaban J connectivity index is 1.19. The third-order valence-corrected chi connectivity index (χ3v) is 9.79. The van der Waals surface area contributed by atoms with Crippen molar-refractivity contribution in [2.45, 2.75) is 143 Å². The first-order valence-electron chi connectivity index (χ1n) is 15.1. The summed E-state index contributed by atoms with van der Waals surface area (Å²) >= 11 is 0. The minimum atomic E-state index is -1.69. The molecule has 43 heavy (non-hydrogen) atoms. The zero-order valence-corrected chi connectivity index (χ0v) is 24.3. The van der Waals surface area contributed by atoms with Crippen LogP contribution in [0.3, 0.4) is 0 Å². The molecular weight excluding hydrogens is 576 g/mol. The van der Waals surface area contributed by atoms with Crippen LogP contribution in [0.2, 0.25) is 0 Å². The second-order valence-electron chi connectivity index (χ2n) is 12.7. The van der Waals surface area contributed by atoms with E-state index in [0.29, 0.717) is 12.8 Å². The summed E-state index contributed by atoms with van der Waals surface area (Å²) in [5, 5.41) is 83.1. The summed E-state index contributed by atoms with van der Waals surface area (Å²) in [6.07, 6.45) is -16.0. The number of hydrogen-bond donors (Lipinski definition) is 8. The molecule has 0 amide bonds. The molecule has 2 saturated carbocycles.